The molecule has 0 spiro atoms. The number of hydrogen-bond donors (Lipinski definition) is 2. The molecule has 9 nitrogen and oxygen atoms in total. The third-order valence-electron chi connectivity index (χ3n) is 6.38. The quantitative estimate of drug-likeness (QED) is 0.545. The summed E-state index contributed by atoms with van der Waals surface area (Å²) in [5, 5.41) is 3.01. The second kappa shape index (κ2) is 11.0. The van der Waals surface area contributed by atoms with Crippen LogP contribution in [0.1, 0.15) is 36.5 Å². The molecular weight excluding hydrogens is 461 g/mol. The zero-order valence-corrected chi connectivity index (χ0v) is 20.5. The van der Waals surface area contributed by atoms with Gasteiger partial charge in [-0.25, -0.2) is 14.4 Å². The number of hydrogen-bond acceptors (Lipinski definition) is 9. The zero-order chi connectivity index (χ0) is 24.9. The highest BCUT2D eigenvalue weighted by Crippen LogP contribution is 2.30. The molecule has 1 aromatic heterocycles. The van der Waals surface area contributed by atoms with E-state index in [9.17, 15) is 4.39 Å². The zero-order valence-electron chi connectivity index (χ0n) is 20.5. The van der Waals surface area contributed by atoms with Crippen molar-refractivity contribution < 1.29 is 13.9 Å². The standard InChI is InChI=1S/C26H32FN7O2/c1-2-3-10-36-26-31-23(28)22-25(32-26)34(24(30-22)20-13-21(27)15-29-14-20)17-19-6-4-18(5-7-19)16-33-8-11-35-12-9-33/h4-7,13-15,25H,2-3,8-12,16-17,28H2,1H3,(H,31,32). The third kappa shape index (κ3) is 5.50. The van der Waals surface area contributed by atoms with Crippen LogP contribution in [0.5, 0.6) is 0 Å². The number of nitrogens with one attached hydrogen (secondary N) is 1. The van der Waals surface area contributed by atoms with E-state index in [0.717, 1.165) is 51.3 Å². The van der Waals surface area contributed by atoms with Crippen LogP contribution in [0.25, 0.3) is 0 Å². The molecular formula is C26H32FN7O2. The first-order chi connectivity index (χ1) is 17.6. The number of aliphatic imine (C=N–C) groups is 2. The molecule has 0 radical (unpaired) electrons. The minimum Gasteiger partial charge on any atom is -0.465 e. The molecule has 4 heterocycles. The number of pyridine rings is 1. The first-order valence-corrected chi connectivity index (χ1v) is 12.4. The Morgan fingerprint density at radius 1 is 1.14 bits per heavy atom. The molecule has 3 N–H and O–H groups in total. The summed E-state index contributed by atoms with van der Waals surface area (Å²) in [5.74, 6) is 0.527. The summed E-state index contributed by atoms with van der Waals surface area (Å²) in [6.07, 6.45) is 4.23. The van der Waals surface area contributed by atoms with Crippen LogP contribution in [-0.2, 0) is 22.6 Å². The van der Waals surface area contributed by atoms with E-state index in [2.05, 4.69) is 46.4 Å². The van der Waals surface area contributed by atoms with Crippen molar-refractivity contribution in [2.75, 3.05) is 32.9 Å². The highest BCUT2D eigenvalue weighted by Gasteiger charge is 2.38. The number of benzene rings is 1. The maximum Gasteiger partial charge on any atom is 0.292 e. The fraction of sp³-hybridized carbons (Fsp3) is 0.423. The third-order valence-corrected chi connectivity index (χ3v) is 6.38. The average molecular weight is 494 g/mol. The summed E-state index contributed by atoms with van der Waals surface area (Å²) in [4.78, 5) is 17.9. The Morgan fingerprint density at radius 3 is 2.61 bits per heavy atom. The number of aromatic nitrogens is 1. The lowest BCUT2D eigenvalue weighted by molar-refractivity contribution is 0.0342. The highest BCUT2D eigenvalue weighted by atomic mass is 19.1. The van der Waals surface area contributed by atoms with E-state index in [1.165, 1.54) is 17.8 Å². The first-order valence-electron chi connectivity index (χ1n) is 12.4. The van der Waals surface area contributed by atoms with Gasteiger partial charge in [0.2, 0.25) is 0 Å². The van der Waals surface area contributed by atoms with Crippen LogP contribution in [0.3, 0.4) is 0 Å². The number of halogens is 1. The minimum atomic E-state index is -0.478. The van der Waals surface area contributed by atoms with Crippen LogP contribution < -0.4 is 11.1 Å². The Bertz CT molecular complexity index is 1160. The van der Waals surface area contributed by atoms with Gasteiger partial charge in [0.15, 0.2) is 6.17 Å². The van der Waals surface area contributed by atoms with Gasteiger partial charge in [0, 0.05) is 37.9 Å². The molecule has 0 amide bonds. The lowest BCUT2D eigenvalue weighted by atomic mass is 10.1. The van der Waals surface area contributed by atoms with Crippen LogP contribution in [0.2, 0.25) is 0 Å². The molecule has 1 atom stereocenters. The smallest absolute Gasteiger partial charge is 0.292 e. The van der Waals surface area contributed by atoms with Gasteiger partial charge >= 0.3 is 0 Å². The second-order valence-electron chi connectivity index (χ2n) is 9.09. The van der Waals surface area contributed by atoms with Crippen molar-refractivity contribution in [2.45, 2.75) is 39.0 Å². The molecule has 3 aliphatic heterocycles. The van der Waals surface area contributed by atoms with Gasteiger partial charge in [-0.1, -0.05) is 37.6 Å². The van der Waals surface area contributed by atoms with Gasteiger partial charge in [-0.3, -0.25) is 15.2 Å². The molecule has 0 bridgehead atoms. The summed E-state index contributed by atoms with van der Waals surface area (Å²) in [6, 6.07) is 10.3. The number of morpholine rings is 1. The van der Waals surface area contributed by atoms with E-state index in [0.29, 0.717) is 42.1 Å². The fourth-order valence-corrected chi connectivity index (χ4v) is 4.43. The molecule has 1 saturated heterocycles. The summed E-state index contributed by atoms with van der Waals surface area (Å²) < 4.78 is 25.3. The predicted octanol–water partition coefficient (Wildman–Crippen LogP) is 2.55. The summed E-state index contributed by atoms with van der Waals surface area (Å²) in [5.41, 5.74) is 9.81. The van der Waals surface area contributed by atoms with Crippen molar-refractivity contribution >= 4 is 11.9 Å². The molecule has 1 aromatic carbocycles. The van der Waals surface area contributed by atoms with Crippen molar-refractivity contribution in [1.29, 1.82) is 0 Å². The number of nitrogens with zero attached hydrogens (tertiary/aromatic N) is 5. The Balaban J connectivity index is 1.39. The fourth-order valence-electron chi connectivity index (χ4n) is 4.43. The second-order valence-corrected chi connectivity index (χ2v) is 9.09. The molecule has 0 saturated carbocycles. The topological polar surface area (TPSA) is 101 Å². The van der Waals surface area contributed by atoms with Gasteiger partial charge < -0.3 is 20.1 Å². The van der Waals surface area contributed by atoms with Crippen molar-refractivity contribution in [3.05, 3.63) is 76.8 Å². The van der Waals surface area contributed by atoms with Gasteiger partial charge in [-0.15, -0.1) is 0 Å². The summed E-state index contributed by atoms with van der Waals surface area (Å²) >= 11 is 0. The Kier molecular flexibility index (Phi) is 7.43. The largest absolute Gasteiger partial charge is 0.465 e. The number of fused-ring (bicyclic) bond motifs is 1. The predicted molar refractivity (Wildman–Crippen MR) is 135 cm³/mol. The van der Waals surface area contributed by atoms with E-state index in [1.54, 1.807) is 6.20 Å². The summed E-state index contributed by atoms with van der Waals surface area (Å²) in [6.45, 7) is 7.52. The minimum absolute atomic E-state index is 0.370. The van der Waals surface area contributed by atoms with Gasteiger partial charge in [-0.05, 0) is 23.6 Å². The van der Waals surface area contributed by atoms with Crippen LogP contribution in [0.15, 0.2) is 64.2 Å². The van der Waals surface area contributed by atoms with E-state index < -0.39 is 12.0 Å². The number of amidine groups is 2. The van der Waals surface area contributed by atoms with Crippen molar-refractivity contribution in [3.63, 3.8) is 0 Å². The molecule has 1 fully saturated rings. The lowest BCUT2D eigenvalue weighted by Gasteiger charge is -2.29. The Hall–Kier alpha value is -3.50. The molecule has 1 unspecified atom stereocenters. The van der Waals surface area contributed by atoms with Crippen molar-refractivity contribution in [1.82, 2.24) is 20.1 Å². The number of rotatable bonds is 8. The van der Waals surface area contributed by atoms with Gasteiger partial charge in [0.05, 0.1) is 26.0 Å². The van der Waals surface area contributed by atoms with E-state index in [4.69, 9.17) is 25.2 Å². The van der Waals surface area contributed by atoms with Crippen LogP contribution in [0, 0.1) is 5.82 Å². The van der Waals surface area contributed by atoms with E-state index in [1.807, 2.05) is 4.90 Å². The maximum atomic E-state index is 14.0. The SMILES string of the molecule is CCCCOC1=NC2C(=C(N)N1)N=C(c1cncc(F)c1)N2Cc1ccc(CN2CCOCC2)cc1. The monoisotopic (exact) mass is 493 g/mol. The Morgan fingerprint density at radius 2 is 1.89 bits per heavy atom. The van der Waals surface area contributed by atoms with Crippen LogP contribution in [-0.4, -0.2) is 65.7 Å². The molecule has 10 heteroatoms. The molecule has 5 rings (SSSR count). The number of unbranched alkanes of at least 4 members (excludes halogenated alkanes) is 1. The maximum absolute atomic E-state index is 14.0. The highest BCUT2D eigenvalue weighted by molar-refractivity contribution is 6.01. The van der Waals surface area contributed by atoms with Gasteiger partial charge in [0.1, 0.15) is 23.2 Å². The van der Waals surface area contributed by atoms with E-state index in [-0.39, 0.29) is 0 Å². The van der Waals surface area contributed by atoms with E-state index >= 15 is 0 Å². The molecule has 190 valence electrons. The number of nitrogens with two attached hydrogens (primary N) is 1. The molecule has 36 heavy (non-hydrogen) atoms. The number of ether oxygens (including phenoxy) is 2. The average Bonchev–Trinajstić information content (AvgIpc) is 3.25. The summed E-state index contributed by atoms with van der Waals surface area (Å²) in [7, 11) is 0. The van der Waals surface area contributed by atoms with Crippen LogP contribution >= 0.6 is 0 Å². The normalized spacial score (nSPS) is 20.1. The molecule has 0 aliphatic carbocycles. The van der Waals surface area contributed by atoms with Gasteiger partial charge in [-0.2, -0.15) is 0 Å². The first kappa shape index (κ1) is 24.2. The van der Waals surface area contributed by atoms with Crippen molar-refractivity contribution in [2.24, 2.45) is 15.7 Å². The van der Waals surface area contributed by atoms with Crippen molar-refractivity contribution in [3.8, 4) is 0 Å². The molecule has 2 aromatic rings. The van der Waals surface area contributed by atoms with Gasteiger partial charge in [0.25, 0.3) is 6.02 Å². The molecule has 3 aliphatic rings. The van der Waals surface area contributed by atoms with Crippen LogP contribution in [0.4, 0.5) is 4.39 Å². The Labute approximate surface area is 210 Å². The lowest BCUT2D eigenvalue weighted by Crippen LogP contribution is -2.43.